The number of hydrogen-bond acceptors (Lipinski definition) is 3. The summed E-state index contributed by atoms with van der Waals surface area (Å²) in [6.07, 6.45) is 2.12. The lowest BCUT2D eigenvalue weighted by atomic mass is 9.95. The molecule has 1 heterocycles. The summed E-state index contributed by atoms with van der Waals surface area (Å²) >= 11 is 0. The quantitative estimate of drug-likeness (QED) is 0.645. The highest BCUT2D eigenvalue weighted by Crippen LogP contribution is 2.26. The van der Waals surface area contributed by atoms with Crippen LogP contribution in [0.15, 0.2) is 43.0 Å². The number of amides is 1. The molecular formula is C17H25ClN2O2. The minimum atomic E-state index is -0.424. The molecule has 1 aliphatic heterocycles. The van der Waals surface area contributed by atoms with E-state index in [9.17, 15) is 4.79 Å². The topological polar surface area (TPSA) is 55.6 Å². The van der Waals surface area contributed by atoms with Gasteiger partial charge in [0.05, 0.1) is 6.61 Å². The molecule has 0 spiro atoms. The van der Waals surface area contributed by atoms with Gasteiger partial charge in [0.1, 0.15) is 6.10 Å². The molecule has 1 fully saturated rings. The maximum absolute atomic E-state index is 12.4. The Kier molecular flexibility index (Phi) is 7.59. The van der Waals surface area contributed by atoms with Crippen LogP contribution in [0.5, 0.6) is 0 Å². The third kappa shape index (κ3) is 4.57. The van der Waals surface area contributed by atoms with Crippen LogP contribution in [0.4, 0.5) is 0 Å². The second kappa shape index (κ2) is 8.93. The van der Waals surface area contributed by atoms with Crippen LogP contribution in [0, 0.1) is 0 Å². The number of carbonyl (C=O) groups excluding carboxylic acids is 1. The summed E-state index contributed by atoms with van der Waals surface area (Å²) in [6.45, 7) is 7.22. The normalized spacial score (nSPS) is 22.0. The molecule has 0 aromatic heterocycles. The Balaban J connectivity index is 0.00000242. The van der Waals surface area contributed by atoms with Gasteiger partial charge in [0.25, 0.3) is 5.91 Å². The summed E-state index contributed by atoms with van der Waals surface area (Å²) < 4.78 is 5.53. The second-order valence-corrected chi connectivity index (χ2v) is 5.51. The molecule has 0 radical (unpaired) electrons. The Morgan fingerprint density at radius 1 is 1.45 bits per heavy atom. The first-order valence-electron chi connectivity index (χ1n) is 7.45. The molecule has 22 heavy (non-hydrogen) atoms. The van der Waals surface area contributed by atoms with Crippen molar-refractivity contribution < 1.29 is 9.53 Å². The number of rotatable bonds is 6. The Hall–Kier alpha value is -1.36. The first-order chi connectivity index (χ1) is 10.1. The standard InChI is InChI=1S/C17H24N2O2.ClH/c1-3-4-10-21-13(2)17(20)19-11-15(16(18)12-19)14-8-6-5-7-9-14;/h3,5-9,13,15-16H,1,4,10-12,18H2,2H3;1H/t13?,15-,16+;/m0./s1. The number of nitrogens with two attached hydrogens (primary N) is 1. The summed E-state index contributed by atoms with van der Waals surface area (Å²) in [6, 6.07) is 10.1. The highest BCUT2D eigenvalue weighted by Gasteiger charge is 2.35. The van der Waals surface area contributed by atoms with Crippen molar-refractivity contribution in [3.63, 3.8) is 0 Å². The van der Waals surface area contributed by atoms with Gasteiger partial charge in [-0.15, -0.1) is 19.0 Å². The molecule has 3 atom stereocenters. The number of hydrogen-bond donors (Lipinski definition) is 1. The van der Waals surface area contributed by atoms with Gasteiger partial charge in [-0.05, 0) is 18.9 Å². The molecule has 1 aliphatic rings. The van der Waals surface area contributed by atoms with Crippen molar-refractivity contribution in [1.82, 2.24) is 4.90 Å². The molecule has 122 valence electrons. The summed E-state index contributed by atoms with van der Waals surface area (Å²) in [5.74, 6) is 0.225. The van der Waals surface area contributed by atoms with E-state index in [1.165, 1.54) is 5.56 Å². The Morgan fingerprint density at radius 2 is 2.14 bits per heavy atom. The monoisotopic (exact) mass is 324 g/mol. The Morgan fingerprint density at radius 3 is 2.77 bits per heavy atom. The van der Waals surface area contributed by atoms with Gasteiger partial charge in [0.2, 0.25) is 0 Å². The summed E-state index contributed by atoms with van der Waals surface area (Å²) in [5.41, 5.74) is 7.41. The van der Waals surface area contributed by atoms with Crippen molar-refractivity contribution in [1.29, 1.82) is 0 Å². The van der Waals surface area contributed by atoms with E-state index in [0.29, 0.717) is 19.7 Å². The van der Waals surface area contributed by atoms with Gasteiger partial charge in [0.15, 0.2) is 0 Å². The minimum Gasteiger partial charge on any atom is -0.368 e. The fourth-order valence-electron chi connectivity index (χ4n) is 2.72. The van der Waals surface area contributed by atoms with Crippen molar-refractivity contribution in [2.45, 2.75) is 31.4 Å². The molecule has 0 saturated carbocycles. The van der Waals surface area contributed by atoms with Crippen LogP contribution < -0.4 is 5.73 Å². The second-order valence-electron chi connectivity index (χ2n) is 5.51. The van der Waals surface area contributed by atoms with E-state index < -0.39 is 6.10 Å². The van der Waals surface area contributed by atoms with Crippen LogP contribution in [-0.4, -0.2) is 42.6 Å². The molecule has 0 aliphatic carbocycles. The minimum absolute atomic E-state index is 0. The first kappa shape index (κ1) is 18.7. The smallest absolute Gasteiger partial charge is 0.251 e. The maximum atomic E-state index is 12.4. The van der Waals surface area contributed by atoms with E-state index in [4.69, 9.17) is 10.5 Å². The molecule has 5 heteroatoms. The molecule has 1 saturated heterocycles. The van der Waals surface area contributed by atoms with Gasteiger partial charge in [0, 0.05) is 25.0 Å². The third-order valence-electron chi connectivity index (χ3n) is 3.94. The molecule has 2 N–H and O–H groups in total. The average molecular weight is 325 g/mol. The first-order valence-corrected chi connectivity index (χ1v) is 7.45. The van der Waals surface area contributed by atoms with Crippen LogP contribution in [0.25, 0.3) is 0 Å². The summed E-state index contributed by atoms with van der Waals surface area (Å²) in [4.78, 5) is 14.2. The zero-order valence-electron chi connectivity index (χ0n) is 13.0. The predicted molar refractivity (Wildman–Crippen MR) is 91.2 cm³/mol. The lowest BCUT2D eigenvalue weighted by Gasteiger charge is -2.21. The van der Waals surface area contributed by atoms with Gasteiger partial charge in [-0.25, -0.2) is 0 Å². The summed E-state index contributed by atoms with van der Waals surface area (Å²) in [7, 11) is 0. The van der Waals surface area contributed by atoms with E-state index in [2.05, 4.69) is 18.7 Å². The SMILES string of the molecule is C=CCCOC(C)C(=O)N1C[C@@H](N)[C@H](c2ccccc2)C1.Cl. The largest absolute Gasteiger partial charge is 0.368 e. The molecule has 2 rings (SSSR count). The Labute approximate surface area is 138 Å². The zero-order valence-corrected chi connectivity index (χ0v) is 13.8. The lowest BCUT2D eigenvalue weighted by molar-refractivity contribution is -0.141. The number of benzene rings is 1. The van der Waals surface area contributed by atoms with Crippen LogP contribution in [0.2, 0.25) is 0 Å². The van der Waals surface area contributed by atoms with E-state index in [-0.39, 0.29) is 30.3 Å². The van der Waals surface area contributed by atoms with Crippen molar-refractivity contribution in [2.75, 3.05) is 19.7 Å². The maximum Gasteiger partial charge on any atom is 0.251 e. The third-order valence-corrected chi connectivity index (χ3v) is 3.94. The van der Waals surface area contributed by atoms with Crippen LogP contribution in [0.3, 0.4) is 0 Å². The molecule has 0 bridgehead atoms. The Bertz CT molecular complexity index is 481. The van der Waals surface area contributed by atoms with Gasteiger partial charge in [-0.2, -0.15) is 0 Å². The molecule has 4 nitrogen and oxygen atoms in total. The van der Waals surface area contributed by atoms with Gasteiger partial charge in [-0.1, -0.05) is 36.4 Å². The summed E-state index contributed by atoms with van der Waals surface area (Å²) in [5, 5.41) is 0. The van der Waals surface area contributed by atoms with E-state index in [0.717, 1.165) is 6.42 Å². The number of nitrogens with zero attached hydrogens (tertiary/aromatic N) is 1. The van der Waals surface area contributed by atoms with Crippen molar-refractivity contribution >= 4 is 18.3 Å². The van der Waals surface area contributed by atoms with Gasteiger partial charge in [-0.3, -0.25) is 4.79 Å². The molecule has 1 aromatic carbocycles. The van der Waals surface area contributed by atoms with E-state index in [1.807, 2.05) is 23.1 Å². The average Bonchev–Trinajstić information content (AvgIpc) is 2.89. The van der Waals surface area contributed by atoms with Crippen LogP contribution in [-0.2, 0) is 9.53 Å². The number of ether oxygens (including phenoxy) is 1. The molecule has 1 aromatic rings. The van der Waals surface area contributed by atoms with E-state index in [1.54, 1.807) is 13.0 Å². The van der Waals surface area contributed by atoms with Crippen molar-refractivity contribution in [3.8, 4) is 0 Å². The van der Waals surface area contributed by atoms with Crippen molar-refractivity contribution in [2.24, 2.45) is 5.73 Å². The molecular weight excluding hydrogens is 300 g/mol. The number of halogens is 1. The van der Waals surface area contributed by atoms with Crippen LogP contribution >= 0.6 is 12.4 Å². The lowest BCUT2D eigenvalue weighted by Crippen LogP contribution is -2.39. The highest BCUT2D eigenvalue weighted by atomic mass is 35.5. The number of carbonyl (C=O) groups is 1. The van der Waals surface area contributed by atoms with E-state index >= 15 is 0 Å². The highest BCUT2D eigenvalue weighted by molar-refractivity contribution is 5.85. The van der Waals surface area contributed by atoms with Crippen molar-refractivity contribution in [3.05, 3.63) is 48.6 Å². The fourth-order valence-corrected chi connectivity index (χ4v) is 2.72. The number of likely N-dealkylation sites (tertiary alicyclic amines) is 1. The fraction of sp³-hybridized carbons (Fsp3) is 0.471. The molecule has 1 amide bonds. The predicted octanol–water partition coefficient (Wildman–Crippen LogP) is 2.34. The van der Waals surface area contributed by atoms with Crippen LogP contribution in [0.1, 0.15) is 24.8 Å². The van der Waals surface area contributed by atoms with Gasteiger partial charge < -0.3 is 15.4 Å². The van der Waals surface area contributed by atoms with Gasteiger partial charge >= 0.3 is 0 Å². The molecule has 1 unspecified atom stereocenters. The zero-order chi connectivity index (χ0) is 15.2.